The van der Waals surface area contributed by atoms with E-state index in [0.29, 0.717) is 29.9 Å². The minimum Gasteiger partial charge on any atom is -0.383 e. The maximum atomic E-state index is 14.7. The summed E-state index contributed by atoms with van der Waals surface area (Å²) in [5.74, 6) is -0.826. The van der Waals surface area contributed by atoms with Gasteiger partial charge in [0.15, 0.2) is 5.65 Å². The zero-order valence-corrected chi connectivity index (χ0v) is 17.5. The van der Waals surface area contributed by atoms with E-state index < -0.39 is 11.6 Å². The van der Waals surface area contributed by atoms with Crippen LogP contribution in [0.5, 0.6) is 0 Å². The molecular formula is C25H20F2N6. The average molecular weight is 442 g/mol. The number of halogens is 2. The summed E-state index contributed by atoms with van der Waals surface area (Å²) in [6.45, 7) is 0.888. The quantitative estimate of drug-likeness (QED) is 0.386. The zero-order chi connectivity index (χ0) is 22.8. The third-order valence-corrected chi connectivity index (χ3v) is 5.29. The number of aromatic nitrogens is 4. The molecule has 33 heavy (non-hydrogen) atoms. The van der Waals surface area contributed by atoms with Crippen LogP contribution in [-0.2, 0) is 13.1 Å². The first-order valence-electron chi connectivity index (χ1n) is 10.4. The molecule has 2 aromatic heterocycles. The molecule has 0 aliphatic carbocycles. The number of nitrogens with one attached hydrogen (secondary N) is 1. The van der Waals surface area contributed by atoms with E-state index >= 15 is 0 Å². The molecule has 0 unspecified atom stereocenters. The van der Waals surface area contributed by atoms with Gasteiger partial charge in [0, 0.05) is 18.2 Å². The van der Waals surface area contributed by atoms with Gasteiger partial charge in [0.2, 0.25) is 5.95 Å². The minimum atomic E-state index is -0.737. The summed E-state index contributed by atoms with van der Waals surface area (Å²) in [5, 5.41) is 8.14. The van der Waals surface area contributed by atoms with Crippen LogP contribution >= 0.6 is 0 Å². The van der Waals surface area contributed by atoms with Crippen molar-refractivity contribution >= 4 is 22.8 Å². The van der Waals surface area contributed by atoms with Crippen molar-refractivity contribution in [2.24, 2.45) is 0 Å². The van der Waals surface area contributed by atoms with E-state index in [0.717, 1.165) is 17.2 Å². The number of hydrogen-bond acceptors (Lipinski definition) is 5. The predicted octanol–water partition coefficient (Wildman–Crippen LogP) is 5.01. The average Bonchev–Trinajstić information content (AvgIpc) is 3.14. The number of nitrogens with zero attached hydrogens (tertiary/aromatic N) is 4. The highest BCUT2D eigenvalue weighted by molar-refractivity contribution is 5.99. The lowest BCUT2D eigenvalue weighted by atomic mass is 10.1. The molecule has 6 nitrogen and oxygen atoms in total. The highest BCUT2D eigenvalue weighted by Crippen LogP contribution is 2.33. The molecule has 0 aliphatic heterocycles. The molecule has 8 heteroatoms. The van der Waals surface area contributed by atoms with Crippen LogP contribution in [0, 0.1) is 11.6 Å². The minimum absolute atomic E-state index is 0.123. The fraction of sp³-hybridized carbons (Fsp3) is 0.0800. The lowest BCUT2D eigenvalue weighted by Gasteiger charge is -2.09. The number of hydrogen-bond donors (Lipinski definition) is 2. The van der Waals surface area contributed by atoms with E-state index in [2.05, 4.69) is 20.4 Å². The Labute approximate surface area is 188 Å². The van der Waals surface area contributed by atoms with Crippen molar-refractivity contribution in [3.05, 3.63) is 102 Å². The van der Waals surface area contributed by atoms with E-state index in [1.54, 1.807) is 4.68 Å². The van der Waals surface area contributed by atoms with Gasteiger partial charge in [-0.1, -0.05) is 60.7 Å². The van der Waals surface area contributed by atoms with Crippen LogP contribution < -0.4 is 11.1 Å². The molecule has 2 heterocycles. The molecule has 0 bridgehead atoms. The highest BCUT2D eigenvalue weighted by Gasteiger charge is 2.21. The molecule has 0 radical (unpaired) electrons. The SMILES string of the molecule is Nc1c2c(-c3ccc(F)cc3F)nc(NCc3ccccc3)nc2nn1Cc1ccccc1. The number of anilines is 2. The van der Waals surface area contributed by atoms with Crippen LogP contribution in [0.25, 0.3) is 22.3 Å². The monoisotopic (exact) mass is 442 g/mol. The van der Waals surface area contributed by atoms with Crippen molar-refractivity contribution in [2.45, 2.75) is 13.1 Å². The Hall–Kier alpha value is -4.33. The smallest absolute Gasteiger partial charge is 0.225 e. The molecule has 0 spiro atoms. The first-order chi connectivity index (χ1) is 16.1. The van der Waals surface area contributed by atoms with Crippen molar-refractivity contribution < 1.29 is 8.78 Å². The van der Waals surface area contributed by atoms with Gasteiger partial charge in [-0.05, 0) is 23.3 Å². The first kappa shape index (κ1) is 20.6. The van der Waals surface area contributed by atoms with E-state index in [9.17, 15) is 8.78 Å². The number of rotatable bonds is 6. The maximum absolute atomic E-state index is 14.7. The maximum Gasteiger partial charge on any atom is 0.225 e. The molecule has 0 atom stereocenters. The normalized spacial score (nSPS) is 11.1. The number of fused-ring (bicyclic) bond motifs is 1. The van der Waals surface area contributed by atoms with Crippen molar-refractivity contribution in [3.63, 3.8) is 0 Å². The van der Waals surface area contributed by atoms with Crippen LogP contribution in [0.2, 0.25) is 0 Å². The van der Waals surface area contributed by atoms with Crippen LogP contribution in [0.15, 0.2) is 78.9 Å². The van der Waals surface area contributed by atoms with Gasteiger partial charge in [-0.2, -0.15) is 4.98 Å². The molecule has 0 aliphatic rings. The topological polar surface area (TPSA) is 81.7 Å². The number of nitrogens with two attached hydrogens (primary N) is 1. The fourth-order valence-corrected chi connectivity index (χ4v) is 3.66. The number of nitrogen functional groups attached to an aromatic ring is 1. The van der Waals surface area contributed by atoms with Crippen molar-refractivity contribution in [3.8, 4) is 11.3 Å². The lowest BCUT2D eigenvalue weighted by Crippen LogP contribution is -2.06. The molecule has 5 aromatic rings. The molecule has 0 saturated carbocycles. The van der Waals surface area contributed by atoms with Crippen LogP contribution in [0.4, 0.5) is 20.5 Å². The fourth-order valence-electron chi connectivity index (χ4n) is 3.66. The Morgan fingerprint density at radius 1 is 0.848 bits per heavy atom. The van der Waals surface area contributed by atoms with Crippen molar-refractivity contribution in [1.29, 1.82) is 0 Å². The zero-order valence-electron chi connectivity index (χ0n) is 17.5. The summed E-state index contributed by atoms with van der Waals surface area (Å²) in [6.07, 6.45) is 0. The van der Waals surface area contributed by atoms with Gasteiger partial charge >= 0.3 is 0 Å². The molecule has 0 saturated heterocycles. The van der Waals surface area contributed by atoms with E-state index in [-0.39, 0.29) is 17.2 Å². The molecule has 3 N–H and O–H groups in total. The molecule has 0 amide bonds. The van der Waals surface area contributed by atoms with Gasteiger partial charge in [0.05, 0.1) is 17.6 Å². The summed E-state index contributed by atoms with van der Waals surface area (Å²) in [6, 6.07) is 22.8. The summed E-state index contributed by atoms with van der Waals surface area (Å²) < 4.78 is 29.9. The Morgan fingerprint density at radius 2 is 1.55 bits per heavy atom. The Balaban J connectivity index is 1.62. The number of benzene rings is 3. The summed E-state index contributed by atoms with van der Waals surface area (Å²) in [5.41, 5.74) is 9.16. The second-order valence-electron chi connectivity index (χ2n) is 7.59. The van der Waals surface area contributed by atoms with Gasteiger partial charge in [0.1, 0.15) is 17.5 Å². The largest absolute Gasteiger partial charge is 0.383 e. The van der Waals surface area contributed by atoms with Crippen molar-refractivity contribution in [2.75, 3.05) is 11.1 Å². The second kappa shape index (κ2) is 8.66. The molecule has 3 aromatic carbocycles. The van der Waals surface area contributed by atoms with Gasteiger partial charge in [-0.3, -0.25) is 0 Å². The predicted molar refractivity (Wildman–Crippen MR) is 124 cm³/mol. The highest BCUT2D eigenvalue weighted by atomic mass is 19.1. The van der Waals surface area contributed by atoms with Crippen LogP contribution in [-0.4, -0.2) is 19.7 Å². The Bertz CT molecular complexity index is 1420. The Kier molecular flexibility index (Phi) is 5.40. The molecular weight excluding hydrogens is 422 g/mol. The lowest BCUT2D eigenvalue weighted by molar-refractivity contribution is 0.585. The van der Waals surface area contributed by atoms with E-state index in [1.165, 1.54) is 12.1 Å². The van der Waals surface area contributed by atoms with Crippen LogP contribution in [0.3, 0.4) is 0 Å². The summed E-state index contributed by atoms with van der Waals surface area (Å²) in [7, 11) is 0. The third-order valence-electron chi connectivity index (χ3n) is 5.29. The van der Waals surface area contributed by atoms with Gasteiger partial charge in [-0.15, -0.1) is 5.10 Å². The molecule has 5 rings (SSSR count). The van der Waals surface area contributed by atoms with E-state index in [1.807, 2.05) is 60.7 Å². The van der Waals surface area contributed by atoms with Gasteiger partial charge in [-0.25, -0.2) is 18.4 Å². The van der Waals surface area contributed by atoms with Crippen molar-refractivity contribution in [1.82, 2.24) is 19.7 Å². The third kappa shape index (κ3) is 4.23. The molecule has 0 fully saturated rings. The first-order valence-corrected chi connectivity index (χ1v) is 10.4. The Morgan fingerprint density at radius 3 is 2.24 bits per heavy atom. The van der Waals surface area contributed by atoms with Gasteiger partial charge < -0.3 is 11.1 Å². The van der Waals surface area contributed by atoms with Gasteiger partial charge in [0.25, 0.3) is 0 Å². The summed E-state index contributed by atoms with van der Waals surface area (Å²) in [4.78, 5) is 9.06. The van der Waals surface area contributed by atoms with Crippen LogP contribution in [0.1, 0.15) is 11.1 Å². The summed E-state index contributed by atoms with van der Waals surface area (Å²) >= 11 is 0. The van der Waals surface area contributed by atoms with E-state index in [4.69, 9.17) is 5.73 Å². The molecule has 164 valence electrons. The standard InChI is InChI=1S/C25H20F2N6/c26-18-11-12-19(20(27)13-18)22-21-23(28)33(15-17-9-5-2-6-10-17)32-24(21)31-25(30-22)29-14-16-7-3-1-4-8-16/h1-13H,14-15,28H2,(H,29,31,32). The second-order valence-corrected chi connectivity index (χ2v) is 7.59.